The Labute approximate surface area is 114 Å². The smallest absolute Gasteiger partial charge is 0.225 e. The molecule has 1 radical (unpaired) electrons. The second kappa shape index (κ2) is 7.45. The van der Waals surface area contributed by atoms with E-state index in [4.69, 9.17) is 10.5 Å². The van der Waals surface area contributed by atoms with E-state index in [0.29, 0.717) is 6.54 Å². The highest BCUT2D eigenvalue weighted by Gasteiger charge is 2.28. The first-order valence-corrected chi connectivity index (χ1v) is 6.65. The average molecular weight is 270 g/mol. The van der Waals surface area contributed by atoms with E-state index in [2.05, 4.69) is 10.2 Å². The van der Waals surface area contributed by atoms with Gasteiger partial charge in [-0.1, -0.05) is 13.8 Å². The molecule has 0 unspecified atom stereocenters. The summed E-state index contributed by atoms with van der Waals surface area (Å²) in [6.07, 6.45) is 2.22. The van der Waals surface area contributed by atoms with Gasteiger partial charge in [-0.2, -0.15) is 0 Å². The van der Waals surface area contributed by atoms with Crippen molar-refractivity contribution in [3.05, 3.63) is 6.42 Å². The van der Waals surface area contributed by atoms with Crippen LogP contribution in [0.15, 0.2) is 0 Å². The van der Waals surface area contributed by atoms with E-state index in [9.17, 15) is 9.59 Å². The van der Waals surface area contributed by atoms with Crippen LogP contribution in [0.5, 0.6) is 0 Å². The molecule has 0 aromatic rings. The molecule has 1 rings (SSSR count). The van der Waals surface area contributed by atoms with Crippen molar-refractivity contribution in [2.24, 2.45) is 11.1 Å². The Morgan fingerprint density at radius 3 is 2.58 bits per heavy atom. The monoisotopic (exact) mass is 270 g/mol. The van der Waals surface area contributed by atoms with E-state index in [-0.39, 0.29) is 5.91 Å². The first-order chi connectivity index (χ1) is 8.92. The summed E-state index contributed by atoms with van der Waals surface area (Å²) in [5.74, 6) is -0.748. The minimum atomic E-state index is -0.908. The van der Waals surface area contributed by atoms with E-state index in [1.54, 1.807) is 13.8 Å². The van der Waals surface area contributed by atoms with Gasteiger partial charge in [-0.25, -0.2) is 0 Å². The maximum Gasteiger partial charge on any atom is 0.225 e. The molecule has 2 amide bonds. The first kappa shape index (κ1) is 15.9. The Balaban J connectivity index is 2.11. The number of hydrogen-bond donors (Lipinski definition) is 2. The van der Waals surface area contributed by atoms with Gasteiger partial charge in [-0.3, -0.25) is 14.5 Å². The zero-order valence-electron chi connectivity index (χ0n) is 11.8. The van der Waals surface area contributed by atoms with Gasteiger partial charge in [-0.15, -0.1) is 0 Å². The summed E-state index contributed by atoms with van der Waals surface area (Å²) < 4.78 is 5.26. The summed E-state index contributed by atoms with van der Waals surface area (Å²) in [5, 5.41) is 2.77. The van der Waals surface area contributed by atoms with Crippen molar-refractivity contribution in [2.45, 2.75) is 20.3 Å². The molecule has 19 heavy (non-hydrogen) atoms. The number of carbonyl (C=O) groups is 2. The van der Waals surface area contributed by atoms with Gasteiger partial charge >= 0.3 is 0 Å². The number of rotatable bonds is 7. The number of carbonyl (C=O) groups excluding carboxylic acids is 2. The highest BCUT2D eigenvalue weighted by Crippen LogP contribution is 2.17. The van der Waals surface area contributed by atoms with Crippen LogP contribution in [0.2, 0.25) is 0 Å². The largest absolute Gasteiger partial charge is 0.379 e. The molecular weight excluding hydrogens is 246 g/mol. The summed E-state index contributed by atoms with van der Waals surface area (Å²) >= 11 is 0. The van der Waals surface area contributed by atoms with E-state index in [1.165, 1.54) is 6.42 Å². The van der Waals surface area contributed by atoms with Crippen molar-refractivity contribution in [1.29, 1.82) is 0 Å². The summed E-state index contributed by atoms with van der Waals surface area (Å²) in [6.45, 7) is 8.28. The number of hydrogen-bond acceptors (Lipinski definition) is 4. The van der Waals surface area contributed by atoms with Crippen LogP contribution in [0.1, 0.15) is 20.3 Å². The van der Waals surface area contributed by atoms with E-state index >= 15 is 0 Å². The molecule has 6 nitrogen and oxygen atoms in total. The van der Waals surface area contributed by atoms with Gasteiger partial charge in [0.25, 0.3) is 0 Å². The molecule has 0 aliphatic carbocycles. The van der Waals surface area contributed by atoms with E-state index in [1.807, 2.05) is 0 Å². The molecule has 0 saturated carbocycles. The Morgan fingerprint density at radius 2 is 2.00 bits per heavy atom. The van der Waals surface area contributed by atoms with E-state index in [0.717, 1.165) is 39.3 Å². The number of primary amides is 1. The lowest BCUT2D eigenvalue weighted by Crippen LogP contribution is -2.40. The lowest BCUT2D eigenvalue weighted by atomic mass is 9.88. The van der Waals surface area contributed by atoms with Gasteiger partial charge < -0.3 is 15.8 Å². The van der Waals surface area contributed by atoms with Crippen LogP contribution in [-0.4, -0.2) is 56.1 Å². The second-order valence-corrected chi connectivity index (χ2v) is 5.33. The Bertz CT molecular complexity index is 312. The van der Waals surface area contributed by atoms with Crippen molar-refractivity contribution >= 4 is 11.8 Å². The van der Waals surface area contributed by atoms with E-state index < -0.39 is 11.3 Å². The minimum absolute atomic E-state index is 0.245. The van der Waals surface area contributed by atoms with Crippen molar-refractivity contribution in [3.63, 3.8) is 0 Å². The van der Waals surface area contributed by atoms with Crippen molar-refractivity contribution < 1.29 is 14.3 Å². The fourth-order valence-electron chi connectivity index (χ4n) is 1.79. The minimum Gasteiger partial charge on any atom is -0.379 e. The molecule has 3 N–H and O–H groups in total. The quantitative estimate of drug-likeness (QED) is 0.613. The maximum absolute atomic E-state index is 11.6. The fourth-order valence-corrected chi connectivity index (χ4v) is 1.79. The summed E-state index contributed by atoms with van der Waals surface area (Å²) in [7, 11) is 0. The third-order valence-corrected chi connectivity index (χ3v) is 3.18. The Kier molecular flexibility index (Phi) is 6.24. The molecule has 1 aliphatic rings. The third-order valence-electron chi connectivity index (χ3n) is 3.18. The van der Waals surface area contributed by atoms with Crippen LogP contribution in [0.4, 0.5) is 0 Å². The van der Waals surface area contributed by atoms with Gasteiger partial charge in [0.15, 0.2) is 0 Å². The molecule has 1 heterocycles. The van der Waals surface area contributed by atoms with Gasteiger partial charge in [0.2, 0.25) is 11.8 Å². The van der Waals surface area contributed by atoms with Crippen LogP contribution in [0.25, 0.3) is 0 Å². The van der Waals surface area contributed by atoms with Crippen LogP contribution in [0.3, 0.4) is 0 Å². The molecule has 6 heteroatoms. The van der Waals surface area contributed by atoms with Crippen LogP contribution < -0.4 is 11.1 Å². The number of morpholine rings is 1. The summed E-state index contributed by atoms with van der Waals surface area (Å²) in [6, 6.07) is 0. The molecule has 0 spiro atoms. The number of nitrogens with one attached hydrogen (secondary N) is 1. The lowest BCUT2D eigenvalue weighted by Gasteiger charge is -2.26. The van der Waals surface area contributed by atoms with Crippen LogP contribution in [0, 0.1) is 11.8 Å². The molecule has 1 aliphatic heterocycles. The third kappa shape index (κ3) is 6.02. The fraction of sp³-hybridized carbons (Fsp3) is 0.769. The summed E-state index contributed by atoms with van der Waals surface area (Å²) in [5.41, 5.74) is 4.29. The molecule has 0 aromatic carbocycles. The van der Waals surface area contributed by atoms with Crippen LogP contribution in [-0.2, 0) is 14.3 Å². The van der Waals surface area contributed by atoms with Crippen molar-refractivity contribution in [3.8, 4) is 0 Å². The number of nitrogens with zero attached hydrogens (tertiary/aromatic N) is 1. The molecular formula is C13H24N3O3. The maximum atomic E-state index is 11.6. The predicted octanol–water partition coefficient (Wildman–Crippen LogP) is -0.459. The Morgan fingerprint density at radius 1 is 1.37 bits per heavy atom. The van der Waals surface area contributed by atoms with Crippen molar-refractivity contribution in [1.82, 2.24) is 10.2 Å². The average Bonchev–Trinajstić information content (AvgIpc) is 2.35. The molecule has 1 fully saturated rings. The highest BCUT2D eigenvalue weighted by atomic mass is 16.5. The highest BCUT2D eigenvalue weighted by molar-refractivity contribution is 5.94. The molecule has 1 saturated heterocycles. The number of ether oxygens (including phenoxy) is 1. The van der Waals surface area contributed by atoms with Crippen LogP contribution >= 0.6 is 0 Å². The van der Waals surface area contributed by atoms with Gasteiger partial charge in [0.1, 0.15) is 0 Å². The zero-order valence-corrected chi connectivity index (χ0v) is 11.8. The molecule has 0 aromatic heterocycles. The van der Waals surface area contributed by atoms with Gasteiger partial charge in [0.05, 0.1) is 25.0 Å². The normalized spacial score (nSPS) is 17.2. The number of nitrogens with two attached hydrogens (primary N) is 1. The second-order valence-electron chi connectivity index (χ2n) is 5.33. The summed E-state index contributed by atoms with van der Waals surface area (Å²) in [4.78, 5) is 25.0. The predicted molar refractivity (Wildman–Crippen MR) is 72.2 cm³/mol. The van der Waals surface area contributed by atoms with Gasteiger partial charge in [0, 0.05) is 19.6 Å². The van der Waals surface area contributed by atoms with Gasteiger partial charge in [-0.05, 0) is 13.0 Å². The molecule has 109 valence electrons. The standard InChI is InChI=1S/C13H24N3O3/c1-13(2,12(14)18)10-11(17)15-4-3-5-16-6-8-19-9-7-16/h10H,3-9H2,1-2H3,(H2,14,18)(H,15,17). The SMILES string of the molecule is CC(C)([CH]C(=O)NCCCN1CCOCC1)C(N)=O. The first-order valence-electron chi connectivity index (χ1n) is 6.65. The zero-order chi connectivity index (χ0) is 14.3. The topological polar surface area (TPSA) is 84.7 Å². The lowest BCUT2D eigenvalue weighted by molar-refractivity contribution is -0.128. The Hall–Kier alpha value is -1.14. The molecule has 0 bridgehead atoms. The number of amides is 2. The molecule has 0 atom stereocenters. The van der Waals surface area contributed by atoms with Crippen molar-refractivity contribution in [2.75, 3.05) is 39.4 Å².